The van der Waals surface area contributed by atoms with Crippen molar-refractivity contribution in [2.24, 2.45) is 0 Å². The van der Waals surface area contributed by atoms with Gasteiger partial charge in [0.25, 0.3) is 15.9 Å². The number of fused-ring (bicyclic) bond motifs is 1. The smallest absolute Gasteiger partial charge is 0.274 e. The fourth-order valence-corrected chi connectivity index (χ4v) is 3.50. The molecule has 1 heterocycles. The van der Waals surface area contributed by atoms with Crippen LogP contribution in [0.15, 0.2) is 53.6 Å². The lowest BCUT2D eigenvalue weighted by molar-refractivity contribution is 0.0939. The summed E-state index contributed by atoms with van der Waals surface area (Å²) in [5.74, 6) is -0.451. The van der Waals surface area contributed by atoms with Crippen molar-refractivity contribution in [1.29, 1.82) is 0 Å². The Hall–Kier alpha value is -2.87. The van der Waals surface area contributed by atoms with Crippen molar-refractivity contribution in [2.75, 3.05) is 4.72 Å². The van der Waals surface area contributed by atoms with E-state index in [1.54, 1.807) is 12.1 Å². The van der Waals surface area contributed by atoms with E-state index in [2.05, 4.69) is 20.2 Å². The van der Waals surface area contributed by atoms with Gasteiger partial charge >= 0.3 is 0 Å². The second kappa shape index (κ2) is 6.56. The zero-order valence-corrected chi connectivity index (χ0v) is 14.6. The van der Waals surface area contributed by atoms with Crippen molar-refractivity contribution < 1.29 is 13.2 Å². The molecule has 3 rings (SSSR count). The Balaban J connectivity index is 1.91. The summed E-state index contributed by atoms with van der Waals surface area (Å²) in [5, 5.41) is 10.8. The highest BCUT2D eigenvalue weighted by atomic mass is 32.2. The number of aromatic amines is 1. The van der Waals surface area contributed by atoms with Gasteiger partial charge in [-0.2, -0.15) is 5.10 Å². The number of anilines is 1. The topological polar surface area (TPSA) is 104 Å². The molecule has 0 unspecified atom stereocenters. The third-order valence-corrected chi connectivity index (χ3v) is 4.91. The molecule has 1 amide bonds. The van der Waals surface area contributed by atoms with Crippen LogP contribution in [-0.4, -0.2) is 30.6 Å². The first-order chi connectivity index (χ1) is 11.9. The van der Waals surface area contributed by atoms with Gasteiger partial charge in [-0.3, -0.25) is 14.6 Å². The number of carbonyl (C=O) groups is 1. The summed E-state index contributed by atoms with van der Waals surface area (Å²) in [5.41, 5.74) is 0.101. The predicted molar refractivity (Wildman–Crippen MR) is 95.9 cm³/mol. The quantitative estimate of drug-likeness (QED) is 0.652. The number of benzene rings is 2. The fraction of sp³-hybridized carbons (Fsp3) is 0.176. The van der Waals surface area contributed by atoms with Crippen molar-refractivity contribution in [3.8, 4) is 0 Å². The molecule has 130 valence electrons. The van der Waals surface area contributed by atoms with Gasteiger partial charge in [-0.1, -0.05) is 30.3 Å². The van der Waals surface area contributed by atoms with Crippen LogP contribution in [0.2, 0.25) is 0 Å². The molecule has 0 saturated carbocycles. The van der Waals surface area contributed by atoms with E-state index < -0.39 is 15.9 Å². The second-order valence-electron chi connectivity index (χ2n) is 5.89. The number of aromatic nitrogens is 2. The number of sulfonamides is 1. The Kier molecular flexibility index (Phi) is 4.45. The highest BCUT2D eigenvalue weighted by molar-refractivity contribution is 7.92. The first-order valence-electron chi connectivity index (χ1n) is 7.73. The third-order valence-electron chi connectivity index (χ3n) is 3.55. The number of hydrogen-bond acceptors (Lipinski definition) is 4. The van der Waals surface area contributed by atoms with E-state index in [1.165, 1.54) is 12.3 Å². The molecule has 0 bridgehead atoms. The summed E-state index contributed by atoms with van der Waals surface area (Å²) in [4.78, 5) is 12.2. The number of hydrogen-bond donors (Lipinski definition) is 3. The zero-order valence-electron chi connectivity index (χ0n) is 13.8. The Labute approximate surface area is 145 Å². The predicted octanol–water partition coefficient (Wildman–Crippen LogP) is 2.50. The van der Waals surface area contributed by atoms with E-state index in [1.807, 2.05) is 38.1 Å². The summed E-state index contributed by atoms with van der Waals surface area (Å²) in [6.45, 7) is 3.62. The Bertz CT molecular complexity index is 1030. The monoisotopic (exact) mass is 358 g/mol. The van der Waals surface area contributed by atoms with E-state index in [0.29, 0.717) is 0 Å². The minimum atomic E-state index is -3.85. The lowest BCUT2D eigenvalue weighted by atomic mass is 10.1. The first-order valence-corrected chi connectivity index (χ1v) is 9.21. The maximum absolute atomic E-state index is 12.7. The van der Waals surface area contributed by atoms with Gasteiger partial charge in [-0.15, -0.1) is 0 Å². The van der Waals surface area contributed by atoms with Gasteiger partial charge in [0.1, 0.15) is 0 Å². The molecule has 0 atom stereocenters. The lowest BCUT2D eigenvalue weighted by Crippen LogP contribution is -2.31. The summed E-state index contributed by atoms with van der Waals surface area (Å²) in [7, 11) is -3.85. The number of H-pyrrole nitrogens is 1. The van der Waals surface area contributed by atoms with Crippen LogP contribution < -0.4 is 10.0 Å². The van der Waals surface area contributed by atoms with Gasteiger partial charge < -0.3 is 5.32 Å². The number of amides is 1. The van der Waals surface area contributed by atoms with Crippen molar-refractivity contribution in [2.45, 2.75) is 24.8 Å². The molecule has 0 aliphatic carbocycles. The average Bonchev–Trinajstić information content (AvgIpc) is 3.01. The van der Waals surface area contributed by atoms with Gasteiger partial charge in [0.2, 0.25) is 0 Å². The van der Waals surface area contributed by atoms with E-state index in [4.69, 9.17) is 0 Å². The highest BCUT2D eigenvalue weighted by Crippen LogP contribution is 2.22. The van der Waals surface area contributed by atoms with E-state index in [0.717, 1.165) is 10.8 Å². The maximum atomic E-state index is 12.7. The number of carbonyl (C=O) groups excluding carboxylic acids is 1. The van der Waals surface area contributed by atoms with E-state index >= 15 is 0 Å². The molecule has 0 fully saturated rings. The summed E-state index contributed by atoms with van der Waals surface area (Å²) in [6.07, 6.45) is 1.34. The van der Waals surface area contributed by atoms with Crippen LogP contribution in [0.1, 0.15) is 24.3 Å². The zero-order chi connectivity index (χ0) is 18.0. The molecule has 0 spiro atoms. The second-order valence-corrected chi connectivity index (χ2v) is 7.57. The van der Waals surface area contributed by atoms with Crippen LogP contribution in [-0.2, 0) is 10.0 Å². The van der Waals surface area contributed by atoms with E-state index in [9.17, 15) is 13.2 Å². The minimum Gasteiger partial charge on any atom is -0.348 e. The molecular formula is C17H18N4O3S. The molecule has 2 aromatic carbocycles. The summed E-state index contributed by atoms with van der Waals surface area (Å²) >= 11 is 0. The fourth-order valence-electron chi connectivity index (χ4n) is 2.41. The molecule has 8 heteroatoms. The highest BCUT2D eigenvalue weighted by Gasteiger charge is 2.21. The van der Waals surface area contributed by atoms with Crippen molar-refractivity contribution in [1.82, 2.24) is 15.5 Å². The molecule has 0 saturated heterocycles. The standard InChI is InChI=1S/C17H18N4O3S/c1-11(2)19-17(22)16-15(10-18-20-16)21-25(23,24)14-8-7-12-5-3-4-6-13(12)9-14/h3-11,21H,1-2H3,(H,18,20)(H,19,22). The normalized spacial score (nSPS) is 11.6. The van der Waals surface area contributed by atoms with Crippen molar-refractivity contribution in [3.63, 3.8) is 0 Å². The number of nitrogens with zero attached hydrogens (tertiary/aromatic N) is 1. The molecule has 0 aliphatic rings. The summed E-state index contributed by atoms with van der Waals surface area (Å²) in [6, 6.07) is 12.2. The Morgan fingerprint density at radius 2 is 1.84 bits per heavy atom. The van der Waals surface area contributed by atoms with Crippen LogP contribution in [0, 0.1) is 0 Å². The van der Waals surface area contributed by atoms with Crippen LogP contribution in [0.5, 0.6) is 0 Å². The van der Waals surface area contributed by atoms with Gasteiger partial charge in [0.05, 0.1) is 10.6 Å². The van der Waals surface area contributed by atoms with Crippen LogP contribution >= 0.6 is 0 Å². The van der Waals surface area contributed by atoms with Crippen LogP contribution in [0.25, 0.3) is 10.8 Å². The van der Waals surface area contributed by atoms with Crippen molar-refractivity contribution in [3.05, 3.63) is 54.4 Å². The van der Waals surface area contributed by atoms with Gasteiger partial charge in [-0.25, -0.2) is 8.42 Å². The summed E-state index contributed by atoms with van der Waals surface area (Å²) < 4.78 is 27.7. The maximum Gasteiger partial charge on any atom is 0.274 e. The van der Waals surface area contributed by atoms with Gasteiger partial charge in [-0.05, 0) is 36.8 Å². The van der Waals surface area contributed by atoms with Crippen LogP contribution in [0.3, 0.4) is 0 Å². The number of nitrogens with one attached hydrogen (secondary N) is 3. The molecular weight excluding hydrogens is 340 g/mol. The Morgan fingerprint density at radius 3 is 2.56 bits per heavy atom. The molecule has 0 aliphatic heterocycles. The lowest BCUT2D eigenvalue weighted by Gasteiger charge is -2.10. The largest absolute Gasteiger partial charge is 0.348 e. The molecule has 1 aromatic heterocycles. The third kappa shape index (κ3) is 3.63. The first kappa shape index (κ1) is 17.0. The minimum absolute atomic E-state index is 0.00179. The number of rotatable bonds is 5. The van der Waals surface area contributed by atoms with Crippen LogP contribution in [0.4, 0.5) is 5.69 Å². The average molecular weight is 358 g/mol. The van der Waals surface area contributed by atoms with E-state index in [-0.39, 0.29) is 22.3 Å². The molecule has 3 aromatic rings. The van der Waals surface area contributed by atoms with Crippen molar-refractivity contribution >= 4 is 32.4 Å². The van der Waals surface area contributed by atoms with Gasteiger partial charge in [0, 0.05) is 12.2 Å². The molecule has 3 N–H and O–H groups in total. The SMILES string of the molecule is CC(C)NC(=O)c1n[nH]cc1NS(=O)(=O)c1ccc2ccccc2c1. The molecule has 0 radical (unpaired) electrons. The van der Waals surface area contributed by atoms with Gasteiger partial charge in [0.15, 0.2) is 5.69 Å². The molecule has 25 heavy (non-hydrogen) atoms. The molecule has 7 nitrogen and oxygen atoms in total. The Morgan fingerprint density at radius 1 is 1.12 bits per heavy atom.